The van der Waals surface area contributed by atoms with E-state index in [2.05, 4.69) is 4.98 Å². The van der Waals surface area contributed by atoms with E-state index in [9.17, 15) is 14.7 Å². The number of ketones is 1. The molecule has 1 aliphatic heterocycles. The van der Waals surface area contributed by atoms with Crippen molar-refractivity contribution in [3.8, 4) is 11.5 Å². The van der Waals surface area contributed by atoms with Crippen LogP contribution in [0.15, 0.2) is 78.6 Å². The van der Waals surface area contributed by atoms with Crippen LogP contribution in [-0.2, 0) is 16.1 Å². The molecule has 180 valence electrons. The third-order valence-electron chi connectivity index (χ3n) is 5.72. The molecule has 0 saturated carbocycles. The number of amides is 1. The van der Waals surface area contributed by atoms with E-state index >= 15 is 0 Å². The maximum absolute atomic E-state index is 13.3. The molecule has 7 nitrogen and oxygen atoms in total. The van der Waals surface area contributed by atoms with Crippen LogP contribution in [0.25, 0.3) is 5.76 Å². The van der Waals surface area contributed by atoms with Crippen molar-refractivity contribution in [2.75, 3.05) is 13.7 Å². The smallest absolute Gasteiger partial charge is 0.295 e. The highest BCUT2D eigenvalue weighted by Gasteiger charge is 2.46. The molecule has 1 N–H and O–H groups in total. The summed E-state index contributed by atoms with van der Waals surface area (Å²) in [6.07, 6.45) is 3.29. The summed E-state index contributed by atoms with van der Waals surface area (Å²) in [7, 11) is 1.55. The number of pyridine rings is 1. The Bertz CT molecular complexity index is 1250. The number of Topliss-reactive ketones (excluding diaryl/α,β-unsaturated/α-hetero) is 1. The first-order chi connectivity index (χ1) is 16.9. The predicted molar refractivity (Wildman–Crippen MR) is 132 cm³/mol. The number of aromatic nitrogens is 1. The molecule has 1 fully saturated rings. The number of likely N-dealkylation sites (tertiary alicyclic amines) is 1. The molecule has 3 aromatic rings. The summed E-state index contributed by atoms with van der Waals surface area (Å²) in [5.74, 6) is -0.190. The van der Waals surface area contributed by atoms with E-state index in [0.29, 0.717) is 35.2 Å². The Morgan fingerprint density at radius 1 is 1.06 bits per heavy atom. The second-order valence-corrected chi connectivity index (χ2v) is 8.80. The maximum atomic E-state index is 13.3. The lowest BCUT2D eigenvalue weighted by Crippen LogP contribution is -2.29. The van der Waals surface area contributed by atoms with Crippen LogP contribution in [0.2, 0.25) is 0 Å². The number of hydrogen-bond donors (Lipinski definition) is 1. The Labute approximate surface area is 204 Å². The van der Waals surface area contributed by atoms with Gasteiger partial charge in [0.05, 0.1) is 25.3 Å². The highest BCUT2D eigenvalue weighted by Crippen LogP contribution is 2.41. The molecule has 2 aromatic carbocycles. The molecule has 1 aromatic heterocycles. The molecule has 1 atom stereocenters. The van der Waals surface area contributed by atoms with Gasteiger partial charge in [-0.25, -0.2) is 0 Å². The first-order valence-electron chi connectivity index (χ1n) is 11.4. The molecule has 35 heavy (non-hydrogen) atoms. The lowest BCUT2D eigenvalue weighted by molar-refractivity contribution is -0.140. The number of rotatable bonds is 8. The summed E-state index contributed by atoms with van der Waals surface area (Å²) in [6.45, 7) is 4.77. The van der Waals surface area contributed by atoms with Gasteiger partial charge < -0.3 is 19.5 Å². The van der Waals surface area contributed by atoms with Crippen molar-refractivity contribution in [2.45, 2.75) is 26.4 Å². The molecule has 0 aliphatic carbocycles. The number of methoxy groups -OCH3 is 1. The summed E-state index contributed by atoms with van der Waals surface area (Å²) >= 11 is 0. The van der Waals surface area contributed by atoms with Crippen molar-refractivity contribution in [3.63, 3.8) is 0 Å². The third-order valence-corrected chi connectivity index (χ3v) is 5.72. The van der Waals surface area contributed by atoms with Gasteiger partial charge in [-0.2, -0.15) is 0 Å². The third kappa shape index (κ3) is 5.19. The van der Waals surface area contributed by atoms with Crippen molar-refractivity contribution in [1.82, 2.24) is 9.88 Å². The van der Waals surface area contributed by atoms with Crippen molar-refractivity contribution in [3.05, 3.63) is 95.3 Å². The molecule has 7 heteroatoms. The van der Waals surface area contributed by atoms with Crippen LogP contribution in [0.5, 0.6) is 11.5 Å². The van der Waals surface area contributed by atoms with Gasteiger partial charge in [-0.1, -0.05) is 44.2 Å². The van der Waals surface area contributed by atoms with Crippen molar-refractivity contribution in [1.29, 1.82) is 0 Å². The van der Waals surface area contributed by atoms with Crippen LogP contribution in [0, 0.1) is 5.92 Å². The number of hydrogen-bond acceptors (Lipinski definition) is 6. The van der Waals surface area contributed by atoms with Crippen molar-refractivity contribution in [2.24, 2.45) is 5.92 Å². The van der Waals surface area contributed by atoms with Crippen LogP contribution in [0.4, 0.5) is 0 Å². The minimum atomic E-state index is -0.800. The van der Waals surface area contributed by atoms with Crippen molar-refractivity contribution < 1.29 is 24.2 Å². The number of benzene rings is 2. The standard InChI is InChI=1S/C28H28N2O5/c1-18(2)17-35-23-11-5-9-21(14-23)26(31)24-25(20-8-4-10-22(13-20)34-3)30(28(33)27(24)32)16-19-7-6-12-29-15-19/h4-15,18,25,31H,16-17H2,1-3H3/b26-24-. The Morgan fingerprint density at radius 3 is 2.54 bits per heavy atom. The van der Waals surface area contributed by atoms with Crippen LogP contribution >= 0.6 is 0 Å². The molecule has 0 spiro atoms. The molecule has 1 aliphatic rings. The Hall–Kier alpha value is -4.13. The number of carbonyl (C=O) groups is 2. The van der Waals surface area contributed by atoms with Gasteiger partial charge in [0.25, 0.3) is 11.7 Å². The average Bonchev–Trinajstić information content (AvgIpc) is 3.12. The topological polar surface area (TPSA) is 89.0 Å². The number of aliphatic hydroxyl groups excluding tert-OH is 1. The minimum Gasteiger partial charge on any atom is -0.507 e. The fourth-order valence-corrected chi connectivity index (χ4v) is 4.04. The van der Waals surface area contributed by atoms with Crippen molar-refractivity contribution >= 4 is 17.4 Å². The van der Waals surface area contributed by atoms with E-state index in [4.69, 9.17) is 9.47 Å². The molecule has 1 unspecified atom stereocenters. The van der Waals surface area contributed by atoms with E-state index in [0.717, 1.165) is 5.56 Å². The molecular weight excluding hydrogens is 444 g/mol. The fraction of sp³-hybridized carbons (Fsp3) is 0.250. The maximum Gasteiger partial charge on any atom is 0.295 e. The van der Waals surface area contributed by atoms with Gasteiger partial charge >= 0.3 is 0 Å². The van der Waals surface area contributed by atoms with Gasteiger partial charge in [0.1, 0.15) is 17.3 Å². The Balaban J connectivity index is 1.81. The summed E-state index contributed by atoms with van der Waals surface area (Å²) in [6, 6.07) is 16.9. The fourth-order valence-electron chi connectivity index (χ4n) is 4.04. The molecule has 1 amide bonds. The molecule has 1 saturated heterocycles. The lowest BCUT2D eigenvalue weighted by atomic mass is 9.95. The highest BCUT2D eigenvalue weighted by molar-refractivity contribution is 6.46. The van der Waals surface area contributed by atoms with Gasteiger partial charge in [-0.05, 0) is 47.4 Å². The van der Waals surface area contributed by atoms with Gasteiger partial charge in [0, 0.05) is 24.5 Å². The molecule has 2 heterocycles. The average molecular weight is 473 g/mol. The van der Waals surface area contributed by atoms with Crippen LogP contribution in [0.1, 0.15) is 36.6 Å². The van der Waals surface area contributed by atoms with E-state index in [1.54, 1.807) is 68.0 Å². The highest BCUT2D eigenvalue weighted by atomic mass is 16.5. The summed E-state index contributed by atoms with van der Waals surface area (Å²) in [5.41, 5.74) is 1.85. The zero-order valence-corrected chi connectivity index (χ0v) is 20.0. The molecular formula is C28H28N2O5. The minimum absolute atomic E-state index is 0.0214. The first kappa shape index (κ1) is 24.0. The second-order valence-electron chi connectivity index (χ2n) is 8.80. The first-order valence-corrected chi connectivity index (χ1v) is 11.4. The lowest BCUT2D eigenvalue weighted by Gasteiger charge is -2.25. The zero-order chi connectivity index (χ0) is 24.9. The normalized spacial score (nSPS) is 17.1. The summed E-state index contributed by atoms with van der Waals surface area (Å²) < 4.78 is 11.2. The monoisotopic (exact) mass is 472 g/mol. The van der Waals surface area contributed by atoms with Crippen LogP contribution < -0.4 is 9.47 Å². The number of carbonyl (C=O) groups excluding carboxylic acids is 2. The van der Waals surface area contributed by atoms with Gasteiger partial charge in [0.2, 0.25) is 0 Å². The SMILES string of the molecule is COc1cccc(C2/C(=C(/O)c3cccc(OCC(C)C)c3)C(=O)C(=O)N2Cc2cccnc2)c1. The number of ether oxygens (including phenoxy) is 2. The van der Waals surface area contributed by atoms with E-state index < -0.39 is 17.7 Å². The number of nitrogens with zero attached hydrogens (tertiary/aromatic N) is 2. The molecule has 0 radical (unpaired) electrons. The molecule has 0 bridgehead atoms. The Morgan fingerprint density at radius 2 is 1.83 bits per heavy atom. The van der Waals surface area contributed by atoms with Crippen LogP contribution in [-0.4, -0.2) is 40.4 Å². The van der Waals surface area contributed by atoms with Gasteiger partial charge in [-0.15, -0.1) is 0 Å². The van der Waals surface area contributed by atoms with E-state index in [1.807, 2.05) is 26.0 Å². The molecule has 4 rings (SSSR count). The predicted octanol–water partition coefficient (Wildman–Crippen LogP) is 4.75. The summed E-state index contributed by atoms with van der Waals surface area (Å²) in [5, 5.41) is 11.3. The zero-order valence-electron chi connectivity index (χ0n) is 20.0. The van der Waals surface area contributed by atoms with E-state index in [-0.39, 0.29) is 17.9 Å². The second kappa shape index (κ2) is 10.4. The summed E-state index contributed by atoms with van der Waals surface area (Å²) in [4.78, 5) is 32.0. The largest absolute Gasteiger partial charge is 0.507 e. The van der Waals surface area contributed by atoms with Gasteiger partial charge in [0.15, 0.2) is 0 Å². The van der Waals surface area contributed by atoms with Gasteiger partial charge in [-0.3, -0.25) is 14.6 Å². The quantitative estimate of drug-likeness (QED) is 0.289. The van der Waals surface area contributed by atoms with Crippen LogP contribution in [0.3, 0.4) is 0 Å². The number of aliphatic hydroxyl groups is 1. The van der Waals surface area contributed by atoms with E-state index in [1.165, 1.54) is 4.90 Å². The Kier molecular flexibility index (Phi) is 7.15.